The molecule has 0 saturated heterocycles. The fourth-order valence-electron chi connectivity index (χ4n) is 3.83. The first kappa shape index (κ1) is 25.8. The van der Waals surface area contributed by atoms with Gasteiger partial charge in [0.25, 0.3) is 0 Å². The number of thiophene rings is 1. The molecule has 0 radical (unpaired) electrons. The van der Waals surface area contributed by atoms with E-state index in [1.54, 1.807) is 18.3 Å². The Labute approximate surface area is 202 Å². The molecule has 0 aliphatic rings. The molecule has 0 amide bonds. The predicted octanol–water partition coefficient (Wildman–Crippen LogP) is 7.81. The highest BCUT2D eigenvalue weighted by atomic mass is 32.1. The van der Waals surface area contributed by atoms with Crippen LogP contribution in [0.25, 0.3) is 10.4 Å². The van der Waals surface area contributed by atoms with Crippen molar-refractivity contribution in [3.05, 3.63) is 75.7 Å². The van der Waals surface area contributed by atoms with E-state index >= 15 is 0 Å². The maximum absolute atomic E-state index is 12.9. The highest BCUT2D eigenvalue weighted by Crippen LogP contribution is 2.38. The molecule has 0 saturated carbocycles. The molecular weight excluding hydrogens is 461 g/mol. The summed E-state index contributed by atoms with van der Waals surface area (Å²) >= 11 is 1.60. The lowest BCUT2D eigenvalue weighted by Crippen LogP contribution is -2.26. The molecule has 3 nitrogen and oxygen atoms in total. The number of hydrogen-bond donors (Lipinski definition) is 1. The minimum atomic E-state index is -4.34. The summed E-state index contributed by atoms with van der Waals surface area (Å²) in [6, 6.07) is 13.1. The molecule has 1 N–H and O–H groups in total. The standard InChI is InChI=1S/C27H29F3O3S/c1-6-21(25(31)32)33-22-12-11-20(13-16(22)2)26(4,5)15-24-17(3)14-23(34-24)18-7-9-19(10-8-18)27(28,29)30/h7-14,21H,6,15H2,1-5H3,(H,31,32). The lowest BCUT2D eigenvalue weighted by atomic mass is 9.80. The molecular formula is C27H29F3O3S. The zero-order chi connectivity index (χ0) is 25.3. The molecule has 1 unspecified atom stereocenters. The highest BCUT2D eigenvalue weighted by molar-refractivity contribution is 7.15. The van der Waals surface area contributed by atoms with E-state index in [1.807, 2.05) is 38.1 Å². The van der Waals surface area contributed by atoms with Crippen molar-refractivity contribution < 1.29 is 27.8 Å². The van der Waals surface area contributed by atoms with Crippen LogP contribution in [0.3, 0.4) is 0 Å². The van der Waals surface area contributed by atoms with Crippen molar-refractivity contribution in [2.75, 3.05) is 0 Å². The van der Waals surface area contributed by atoms with Crippen LogP contribution in [0.4, 0.5) is 13.2 Å². The van der Waals surface area contributed by atoms with Crippen molar-refractivity contribution in [1.29, 1.82) is 0 Å². The zero-order valence-electron chi connectivity index (χ0n) is 19.9. The first-order chi connectivity index (χ1) is 15.8. The van der Waals surface area contributed by atoms with Crippen LogP contribution in [0.2, 0.25) is 0 Å². The Morgan fingerprint density at radius 1 is 1.00 bits per heavy atom. The van der Waals surface area contributed by atoms with E-state index < -0.39 is 23.8 Å². The second kappa shape index (κ2) is 9.82. The van der Waals surface area contributed by atoms with Crippen molar-refractivity contribution >= 4 is 17.3 Å². The molecule has 2 aromatic carbocycles. The predicted molar refractivity (Wildman–Crippen MR) is 130 cm³/mol. The molecule has 1 aromatic heterocycles. The average molecular weight is 491 g/mol. The van der Waals surface area contributed by atoms with Gasteiger partial charge >= 0.3 is 12.1 Å². The van der Waals surface area contributed by atoms with Crippen LogP contribution in [0.15, 0.2) is 48.5 Å². The molecule has 7 heteroatoms. The van der Waals surface area contributed by atoms with Gasteiger partial charge in [-0.05, 0) is 78.6 Å². The molecule has 3 rings (SSSR count). The number of rotatable bonds is 8. The van der Waals surface area contributed by atoms with Gasteiger partial charge in [-0.1, -0.05) is 45.0 Å². The largest absolute Gasteiger partial charge is 0.479 e. The normalized spacial score (nSPS) is 13.1. The first-order valence-electron chi connectivity index (χ1n) is 11.1. The van der Waals surface area contributed by atoms with Crippen molar-refractivity contribution in [2.24, 2.45) is 0 Å². The van der Waals surface area contributed by atoms with Gasteiger partial charge in [0.2, 0.25) is 0 Å². The summed E-state index contributed by atoms with van der Waals surface area (Å²) in [7, 11) is 0. The number of benzene rings is 2. The third-order valence-electron chi connectivity index (χ3n) is 5.99. The number of carboxylic acids is 1. The SMILES string of the molecule is CCC(Oc1ccc(C(C)(C)Cc2sc(-c3ccc(C(F)(F)F)cc3)cc2C)cc1C)C(=O)O. The van der Waals surface area contributed by atoms with Gasteiger partial charge in [0.05, 0.1) is 5.56 Å². The molecule has 0 aliphatic carbocycles. The van der Waals surface area contributed by atoms with Gasteiger partial charge in [-0.2, -0.15) is 13.2 Å². The third-order valence-corrected chi connectivity index (χ3v) is 7.28. The van der Waals surface area contributed by atoms with E-state index in [-0.39, 0.29) is 5.41 Å². The van der Waals surface area contributed by atoms with Crippen LogP contribution in [0.5, 0.6) is 5.75 Å². The molecule has 0 spiro atoms. The van der Waals surface area contributed by atoms with Crippen molar-refractivity contribution in [3.8, 4) is 16.2 Å². The summed E-state index contributed by atoms with van der Waals surface area (Å²) in [5.41, 5.74) is 2.99. The summed E-state index contributed by atoms with van der Waals surface area (Å²) in [5, 5.41) is 9.26. The van der Waals surface area contributed by atoms with Crippen molar-refractivity contribution in [3.63, 3.8) is 0 Å². The average Bonchev–Trinajstić information content (AvgIpc) is 3.11. The number of hydrogen-bond acceptors (Lipinski definition) is 3. The minimum absolute atomic E-state index is 0.215. The number of ether oxygens (including phenoxy) is 1. The molecule has 1 atom stereocenters. The topological polar surface area (TPSA) is 46.5 Å². The summed E-state index contributed by atoms with van der Waals surface area (Å²) in [5.74, 6) is -0.422. The lowest BCUT2D eigenvalue weighted by molar-refractivity contribution is -0.145. The summed E-state index contributed by atoms with van der Waals surface area (Å²) < 4.78 is 44.3. The van der Waals surface area contributed by atoms with Crippen molar-refractivity contribution in [1.82, 2.24) is 0 Å². The maximum Gasteiger partial charge on any atom is 0.416 e. The van der Waals surface area contributed by atoms with E-state index in [0.717, 1.165) is 45.7 Å². The summed E-state index contributed by atoms with van der Waals surface area (Å²) in [4.78, 5) is 13.4. The fourth-order valence-corrected chi connectivity index (χ4v) is 5.24. The highest BCUT2D eigenvalue weighted by Gasteiger charge is 2.30. The van der Waals surface area contributed by atoms with Crippen LogP contribution in [-0.4, -0.2) is 17.2 Å². The van der Waals surface area contributed by atoms with Crippen LogP contribution in [-0.2, 0) is 22.8 Å². The quantitative estimate of drug-likeness (QED) is 0.350. The van der Waals surface area contributed by atoms with E-state index in [4.69, 9.17) is 4.74 Å². The number of carbonyl (C=O) groups is 1. The van der Waals surface area contributed by atoms with Gasteiger partial charge in [-0.3, -0.25) is 0 Å². The van der Waals surface area contributed by atoms with Crippen LogP contribution in [0, 0.1) is 13.8 Å². The Balaban J connectivity index is 1.81. The van der Waals surface area contributed by atoms with Gasteiger partial charge in [0, 0.05) is 9.75 Å². The van der Waals surface area contributed by atoms with Crippen LogP contribution < -0.4 is 4.74 Å². The van der Waals surface area contributed by atoms with E-state index in [9.17, 15) is 23.1 Å². The van der Waals surface area contributed by atoms with Crippen LogP contribution >= 0.6 is 11.3 Å². The number of halogens is 3. The second-order valence-corrected chi connectivity index (χ2v) is 10.3. The Morgan fingerprint density at radius 2 is 1.62 bits per heavy atom. The number of carboxylic acid groups (broad SMARTS) is 1. The van der Waals surface area contributed by atoms with Gasteiger partial charge < -0.3 is 9.84 Å². The van der Waals surface area contributed by atoms with Crippen molar-refractivity contribution in [2.45, 2.75) is 65.2 Å². The molecule has 0 bridgehead atoms. The molecule has 3 aromatic rings. The molecule has 182 valence electrons. The molecule has 0 fully saturated rings. The monoisotopic (exact) mass is 490 g/mol. The molecule has 1 heterocycles. The summed E-state index contributed by atoms with van der Waals surface area (Å²) in [6.07, 6.45) is -4.09. The van der Waals surface area contributed by atoms with Gasteiger partial charge in [0.15, 0.2) is 6.10 Å². The Bertz CT molecular complexity index is 1160. The first-order valence-corrected chi connectivity index (χ1v) is 11.9. The minimum Gasteiger partial charge on any atom is -0.479 e. The van der Waals surface area contributed by atoms with E-state index in [2.05, 4.69) is 13.8 Å². The second-order valence-electron chi connectivity index (χ2n) is 9.19. The smallest absolute Gasteiger partial charge is 0.416 e. The number of aryl methyl sites for hydroxylation is 2. The Hall–Kier alpha value is -2.80. The third kappa shape index (κ3) is 5.81. The molecule has 34 heavy (non-hydrogen) atoms. The van der Waals surface area contributed by atoms with Gasteiger partial charge in [0.1, 0.15) is 5.75 Å². The Kier molecular flexibility index (Phi) is 7.46. The van der Waals surface area contributed by atoms with Gasteiger partial charge in [-0.25, -0.2) is 4.79 Å². The van der Waals surface area contributed by atoms with Gasteiger partial charge in [-0.15, -0.1) is 11.3 Å². The Morgan fingerprint density at radius 3 is 2.15 bits per heavy atom. The zero-order valence-corrected chi connectivity index (χ0v) is 20.7. The fraction of sp³-hybridized carbons (Fsp3) is 0.370. The summed E-state index contributed by atoms with van der Waals surface area (Å²) in [6.45, 7) is 9.99. The van der Waals surface area contributed by atoms with Crippen LogP contribution in [0.1, 0.15) is 54.3 Å². The van der Waals surface area contributed by atoms with E-state index in [0.29, 0.717) is 12.2 Å². The van der Waals surface area contributed by atoms with E-state index in [1.165, 1.54) is 17.0 Å². The number of aliphatic carboxylic acids is 1. The lowest BCUT2D eigenvalue weighted by Gasteiger charge is -2.26. The number of alkyl halides is 3. The maximum atomic E-state index is 12.9. The molecule has 0 aliphatic heterocycles.